The van der Waals surface area contributed by atoms with Crippen molar-refractivity contribution >= 4 is 11.8 Å². The molecule has 2 amide bonds. The molecule has 1 fully saturated rings. The zero-order chi connectivity index (χ0) is 19.4. The number of aromatic nitrogens is 1. The van der Waals surface area contributed by atoms with Gasteiger partial charge in [0.25, 0.3) is 5.91 Å². The highest BCUT2D eigenvalue weighted by atomic mass is 16.5. The van der Waals surface area contributed by atoms with Crippen LogP contribution in [0.15, 0.2) is 33.4 Å². The molecule has 146 valence electrons. The molecule has 0 saturated carbocycles. The van der Waals surface area contributed by atoms with Crippen molar-refractivity contribution in [2.75, 3.05) is 6.54 Å². The normalized spacial score (nSPS) is 20.1. The molecule has 2 aromatic heterocycles. The first-order valence-electron chi connectivity index (χ1n) is 9.29. The Hall–Kier alpha value is -2.61. The van der Waals surface area contributed by atoms with Gasteiger partial charge in [-0.15, -0.1) is 0 Å². The molecule has 0 bridgehead atoms. The van der Waals surface area contributed by atoms with E-state index in [-0.39, 0.29) is 35.7 Å². The minimum atomic E-state index is -0.343. The van der Waals surface area contributed by atoms with Gasteiger partial charge < -0.3 is 19.6 Å². The Kier molecular flexibility index (Phi) is 5.95. The maximum atomic E-state index is 12.6. The Labute approximate surface area is 158 Å². The number of rotatable bonds is 7. The Morgan fingerprint density at radius 2 is 2.22 bits per heavy atom. The second-order valence-electron chi connectivity index (χ2n) is 7.13. The molecule has 1 saturated heterocycles. The van der Waals surface area contributed by atoms with E-state index < -0.39 is 0 Å². The van der Waals surface area contributed by atoms with Crippen molar-refractivity contribution < 1.29 is 18.5 Å². The zero-order valence-electron chi connectivity index (χ0n) is 15.9. The fourth-order valence-corrected chi connectivity index (χ4v) is 3.30. The summed E-state index contributed by atoms with van der Waals surface area (Å²) in [6, 6.07) is 4.75. The third-order valence-electron chi connectivity index (χ3n) is 4.55. The quantitative estimate of drug-likeness (QED) is 0.765. The van der Waals surface area contributed by atoms with E-state index in [4.69, 9.17) is 8.94 Å². The van der Waals surface area contributed by atoms with Crippen molar-refractivity contribution in [2.45, 2.75) is 58.3 Å². The van der Waals surface area contributed by atoms with E-state index in [0.29, 0.717) is 25.3 Å². The molecule has 1 aliphatic heterocycles. The van der Waals surface area contributed by atoms with Crippen molar-refractivity contribution in [1.82, 2.24) is 20.7 Å². The number of carbonyl (C=O) groups excluding carboxylic acids is 2. The fraction of sp³-hybridized carbons (Fsp3) is 0.526. The van der Waals surface area contributed by atoms with Crippen LogP contribution in [-0.4, -0.2) is 46.5 Å². The van der Waals surface area contributed by atoms with Gasteiger partial charge in [0.05, 0.1) is 24.5 Å². The highest BCUT2D eigenvalue weighted by Gasteiger charge is 2.38. The van der Waals surface area contributed by atoms with E-state index in [1.807, 2.05) is 31.7 Å². The lowest BCUT2D eigenvalue weighted by Gasteiger charge is -2.23. The number of aryl methyl sites for hydroxylation is 1. The molecule has 2 N–H and O–H groups in total. The number of likely N-dealkylation sites (tertiary alicyclic amines) is 1. The van der Waals surface area contributed by atoms with Crippen LogP contribution in [0.25, 0.3) is 0 Å². The van der Waals surface area contributed by atoms with E-state index in [1.54, 1.807) is 12.1 Å². The molecule has 2 atom stereocenters. The minimum Gasteiger partial charge on any atom is -0.459 e. The van der Waals surface area contributed by atoms with Crippen LogP contribution >= 0.6 is 0 Å². The number of hydrogen-bond acceptors (Lipinski definition) is 6. The smallest absolute Gasteiger partial charge is 0.287 e. The highest BCUT2D eigenvalue weighted by Crippen LogP contribution is 2.22. The SMILES string of the molecule is CCc1cc(CN2C[C@H](NC(=O)c3ccco3)C[C@H]2C(=O)NC(C)C)on1. The summed E-state index contributed by atoms with van der Waals surface area (Å²) in [5.41, 5.74) is 0.884. The Balaban J connectivity index is 1.69. The first kappa shape index (κ1) is 19.2. The zero-order valence-corrected chi connectivity index (χ0v) is 15.9. The van der Waals surface area contributed by atoms with Crippen LogP contribution in [-0.2, 0) is 17.8 Å². The third kappa shape index (κ3) is 4.77. The van der Waals surface area contributed by atoms with Gasteiger partial charge >= 0.3 is 0 Å². The van der Waals surface area contributed by atoms with Gasteiger partial charge in [0, 0.05) is 24.7 Å². The van der Waals surface area contributed by atoms with Crippen LogP contribution in [0.5, 0.6) is 0 Å². The predicted octanol–water partition coefficient (Wildman–Crippen LogP) is 1.73. The minimum absolute atomic E-state index is 0.0463. The van der Waals surface area contributed by atoms with Crippen molar-refractivity contribution in [3.8, 4) is 0 Å². The second-order valence-corrected chi connectivity index (χ2v) is 7.13. The van der Waals surface area contributed by atoms with E-state index in [9.17, 15) is 9.59 Å². The van der Waals surface area contributed by atoms with Gasteiger partial charge in [0.1, 0.15) is 0 Å². The molecule has 3 heterocycles. The summed E-state index contributed by atoms with van der Waals surface area (Å²) in [5, 5.41) is 9.92. The highest BCUT2D eigenvalue weighted by molar-refractivity contribution is 5.91. The average Bonchev–Trinajstić information content (AvgIpc) is 3.35. The largest absolute Gasteiger partial charge is 0.459 e. The maximum absolute atomic E-state index is 12.6. The lowest BCUT2D eigenvalue weighted by molar-refractivity contribution is -0.126. The molecule has 8 heteroatoms. The fourth-order valence-electron chi connectivity index (χ4n) is 3.30. The van der Waals surface area contributed by atoms with Gasteiger partial charge in [-0.3, -0.25) is 14.5 Å². The van der Waals surface area contributed by atoms with Crippen LogP contribution in [0.4, 0.5) is 0 Å². The standard InChI is InChI=1S/C19H26N4O4/c1-4-13-8-15(27-22-13)11-23-10-14(9-16(23)18(24)20-12(2)3)21-19(25)17-6-5-7-26-17/h5-8,12,14,16H,4,9-11H2,1-3H3,(H,20,24)(H,21,25)/t14-,16+/m1/s1. The molecule has 27 heavy (non-hydrogen) atoms. The van der Waals surface area contributed by atoms with Crippen LogP contribution in [0.1, 0.15) is 49.2 Å². The van der Waals surface area contributed by atoms with Crippen LogP contribution in [0.2, 0.25) is 0 Å². The Morgan fingerprint density at radius 3 is 2.85 bits per heavy atom. The van der Waals surface area contributed by atoms with Gasteiger partial charge in [-0.25, -0.2) is 0 Å². The van der Waals surface area contributed by atoms with Crippen molar-refractivity contribution in [2.24, 2.45) is 0 Å². The summed E-state index contributed by atoms with van der Waals surface area (Å²) in [5.74, 6) is 0.657. The summed E-state index contributed by atoms with van der Waals surface area (Å²) >= 11 is 0. The van der Waals surface area contributed by atoms with E-state index in [0.717, 1.165) is 12.1 Å². The van der Waals surface area contributed by atoms with Crippen molar-refractivity contribution in [3.63, 3.8) is 0 Å². The predicted molar refractivity (Wildman–Crippen MR) is 97.9 cm³/mol. The molecule has 0 spiro atoms. The van der Waals surface area contributed by atoms with Crippen molar-refractivity contribution in [1.29, 1.82) is 0 Å². The third-order valence-corrected chi connectivity index (χ3v) is 4.55. The maximum Gasteiger partial charge on any atom is 0.287 e. The molecule has 2 aromatic rings. The Morgan fingerprint density at radius 1 is 1.41 bits per heavy atom. The number of nitrogens with one attached hydrogen (secondary N) is 2. The topological polar surface area (TPSA) is 101 Å². The average molecular weight is 374 g/mol. The number of carbonyl (C=O) groups is 2. The van der Waals surface area contributed by atoms with Gasteiger partial charge in [-0.05, 0) is 38.8 Å². The number of amides is 2. The first-order chi connectivity index (χ1) is 13.0. The Bertz CT molecular complexity index is 769. The molecule has 0 radical (unpaired) electrons. The van der Waals surface area contributed by atoms with Gasteiger partial charge in [0.15, 0.2) is 11.5 Å². The van der Waals surface area contributed by atoms with E-state index in [2.05, 4.69) is 15.8 Å². The van der Waals surface area contributed by atoms with Gasteiger partial charge in [-0.2, -0.15) is 0 Å². The number of furan rings is 1. The van der Waals surface area contributed by atoms with E-state index in [1.165, 1.54) is 6.26 Å². The van der Waals surface area contributed by atoms with Gasteiger partial charge in [-0.1, -0.05) is 12.1 Å². The monoisotopic (exact) mass is 374 g/mol. The molecular formula is C19H26N4O4. The van der Waals surface area contributed by atoms with E-state index >= 15 is 0 Å². The first-order valence-corrected chi connectivity index (χ1v) is 9.29. The summed E-state index contributed by atoms with van der Waals surface area (Å²) in [6.07, 6.45) is 2.78. The summed E-state index contributed by atoms with van der Waals surface area (Å²) in [7, 11) is 0. The second kappa shape index (κ2) is 8.39. The molecule has 1 aliphatic rings. The molecular weight excluding hydrogens is 348 g/mol. The van der Waals surface area contributed by atoms with Crippen LogP contribution < -0.4 is 10.6 Å². The lowest BCUT2D eigenvalue weighted by Crippen LogP contribution is -2.45. The van der Waals surface area contributed by atoms with Crippen LogP contribution in [0, 0.1) is 0 Å². The van der Waals surface area contributed by atoms with Crippen LogP contribution in [0.3, 0.4) is 0 Å². The molecule has 0 aliphatic carbocycles. The molecule has 3 rings (SSSR count). The number of nitrogens with zero attached hydrogens (tertiary/aromatic N) is 2. The molecule has 0 aromatic carbocycles. The summed E-state index contributed by atoms with van der Waals surface area (Å²) in [6.45, 7) is 6.88. The van der Waals surface area contributed by atoms with Crippen molar-refractivity contribution in [3.05, 3.63) is 41.7 Å². The lowest BCUT2D eigenvalue weighted by atomic mass is 10.1. The summed E-state index contributed by atoms with van der Waals surface area (Å²) < 4.78 is 10.5. The molecule has 0 unspecified atom stereocenters. The summed E-state index contributed by atoms with van der Waals surface area (Å²) in [4.78, 5) is 26.9. The number of hydrogen-bond donors (Lipinski definition) is 2. The van der Waals surface area contributed by atoms with Gasteiger partial charge in [0.2, 0.25) is 5.91 Å². The molecule has 8 nitrogen and oxygen atoms in total.